The molecule has 0 unspecified atom stereocenters. The lowest BCUT2D eigenvalue weighted by molar-refractivity contribution is -0.114. The summed E-state index contributed by atoms with van der Waals surface area (Å²) in [5.74, 6) is 0.408. The number of nitrogens with zero attached hydrogens (tertiary/aromatic N) is 2. The number of anilines is 1. The summed E-state index contributed by atoms with van der Waals surface area (Å²) < 4.78 is 1.75. The fourth-order valence-electron chi connectivity index (χ4n) is 1.99. The van der Waals surface area contributed by atoms with Crippen LogP contribution in [0.25, 0.3) is 5.69 Å². The molecule has 0 aliphatic heterocycles. The summed E-state index contributed by atoms with van der Waals surface area (Å²) >= 11 is 0. The standard InChI is InChI=1S/C16H22N4O/c1-11-6-5-7-12(8-11)20-14(18-15(21)10-17)9-13(19-20)16(2,3)4/h5-9H,10,17H2,1-4H3,(H,18,21). The smallest absolute Gasteiger partial charge is 0.239 e. The van der Waals surface area contributed by atoms with E-state index in [1.165, 1.54) is 0 Å². The average Bonchev–Trinajstić information content (AvgIpc) is 2.82. The van der Waals surface area contributed by atoms with Crippen molar-refractivity contribution in [2.75, 3.05) is 11.9 Å². The molecule has 3 N–H and O–H groups in total. The first-order valence-corrected chi connectivity index (χ1v) is 6.99. The molecule has 1 aromatic carbocycles. The molecule has 1 aromatic heterocycles. The molecule has 2 aromatic rings. The number of carbonyl (C=O) groups is 1. The summed E-state index contributed by atoms with van der Waals surface area (Å²) in [7, 11) is 0. The van der Waals surface area contributed by atoms with E-state index in [0.29, 0.717) is 5.82 Å². The Labute approximate surface area is 125 Å². The Bertz CT molecular complexity index is 653. The van der Waals surface area contributed by atoms with Crippen molar-refractivity contribution in [2.24, 2.45) is 5.73 Å². The van der Waals surface area contributed by atoms with Gasteiger partial charge in [0.15, 0.2) is 0 Å². The third-order valence-electron chi connectivity index (χ3n) is 3.18. The van der Waals surface area contributed by atoms with Crippen LogP contribution >= 0.6 is 0 Å². The fourth-order valence-corrected chi connectivity index (χ4v) is 1.99. The minimum absolute atomic E-state index is 0.0517. The quantitative estimate of drug-likeness (QED) is 0.910. The van der Waals surface area contributed by atoms with Crippen LogP contribution in [0.3, 0.4) is 0 Å². The number of aryl methyl sites for hydroxylation is 1. The van der Waals surface area contributed by atoms with Gasteiger partial charge in [-0.15, -0.1) is 0 Å². The third kappa shape index (κ3) is 3.49. The molecule has 0 aliphatic carbocycles. The molecule has 0 aliphatic rings. The van der Waals surface area contributed by atoms with E-state index in [0.717, 1.165) is 16.9 Å². The Balaban J connectivity index is 2.51. The van der Waals surface area contributed by atoms with Crippen LogP contribution in [-0.2, 0) is 10.2 Å². The predicted octanol–water partition coefficient (Wildman–Crippen LogP) is 2.38. The molecule has 0 bridgehead atoms. The molecule has 0 atom stereocenters. The lowest BCUT2D eigenvalue weighted by atomic mass is 9.92. The molecule has 0 spiro atoms. The van der Waals surface area contributed by atoms with Gasteiger partial charge in [0.1, 0.15) is 5.82 Å². The molecule has 0 radical (unpaired) electrons. The maximum atomic E-state index is 11.6. The summed E-state index contributed by atoms with van der Waals surface area (Å²) in [4.78, 5) is 11.6. The molecule has 1 amide bonds. The van der Waals surface area contributed by atoms with Gasteiger partial charge in [-0.05, 0) is 24.6 Å². The third-order valence-corrected chi connectivity index (χ3v) is 3.18. The van der Waals surface area contributed by atoms with Crippen LogP contribution in [0, 0.1) is 6.92 Å². The van der Waals surface area contributed by atoms with E-state index in [-0.39, 0.29) is 17.9 Å². The Morgan fingerprint density at radius 2 is 2.05 bits per heavy atom. The van der Waals surface area contributed by atoms with E-state index in [1.54, 1.807) is 4.68 Å². The first-order chi connectivity index (χ1) is 9.81. The van der Waals surface area contributed by atoms with Gasteiger partial charge in [-0.1, -0.05) is 32.9 Å². The Hall–Kier alpha value is -2.14. The summed E-state index contributed by atoms with van der Waals surface area (Å²) in [5, 5.41) is 7.45. The SMILES string of the molecule is Cc1cccc(-n2nc(C(C)(C)C)cc2NC(=O)CN)c1. The number of nitrogens with one attached hydrogen (secondary N) is 1. The van der Waals surface area contributed by atoms with Gasteiger partial charge in [-0.2, -0.15) is 5.10 Å². The number of amides is 1. The second-order valence-electron chi connectivity index (χ2n) is 6.17. The van der Waals surface area contributed by atoms with Crippen LogP contribution in [-0.4, -0.2) is 22.2 Å². The number of nitrogens with two attached hydrogens (primary N) is 1. The van der Waals surface area contributed by atoms with Crippen LogP contribution in [0.2, 0.25) is 0 Å². The largest absolute Gasteiger partial charge is 0.322 e. The zero-order valence-electron chi connectivity index (χ0n) is 13.0. The van der Waals surface area contributed by atoms with E-state index in [1.807, 2.05) is 37.3 Å². The fraction of sp³-hybridized carbons (Fsp3) is 0.375. The highest BCUT2D eigenvalue weighted by molar-refractivity contribution is 5.91. The van der Waals surface area contributed by atoms with Gasteiger partial charge in [0, 0.05) is 11.5 Å². The number of hydrogen-bond donors (Lipinski definition) is 2. The number of hydrogen-bond acceptors (Lipinski definition) is 3. The average molecular weight is 286 g/mol. The van der Waals surface area contributed by atoms with Crippen molar-refractivity contribution < 1.29 is 4.79 Å². The van der Waals surface area contributed by atoms with Crippen LogP contribution in [0.4, 0.5) is 5.82 Å². The van der Waals surface area contributed by atoms with E-state index in [4.69, 9.17) is 5.73 Å². The predicted molar refractivity (Wildman–Crippen MR) is 84.7 cm³/mol. The van der Waals surface area contributed by atoms with E-state index in [2.05, 4.69) is 31.2 Å². The Morgan fingerprint density at radius 1 is 1.33 bits per heavy atom. The molecule has 2 rings (SSSR count). The minimum Gasteiger partial charge on any atom is -0.322 e. The van der Waals surface area contributed by atoms with E-state index < -0.39 is 0 Å². The van der Waals surface area contributed by atoms with Crippen molar-refractivity contribution in [3.05, 3.63) is 41.6 Å². The van der Waals surface area contributed by atoms with E-state index in [9.17, 15) is 4.79 Å². The summed E-state index contributed by atoms with van der Waals surface area (Å²) in [6, 6.07) is 9.88. The molecule has 0 fully saturated rings. The second-order valence-corrected chi connectivity index (χ2v) is 6.17. The highest BCUT2D eigenvalue weighted by Crippen LogP contribution is 2.26. The molecule has 5 nitrogen and oxygen atoms in total. The highest BCUT2D eigenvalue weighted by atomic mass is 16.1. The van der Waals surface area contributed by atoms with Crippen LogP contribution in [0.5, 0.6) is 0 Å². The van der Waals surface area contributed by atoms with Crippen molar-refractivity contribution in [2.45, 2.75) is 33.1 Å². The molecular weight excluding hydrogens is 264 g/mol. The summed E-state index contributed by atoms with van der Waals surface area (Å²) in [6.45, 7) is 8.24. The lowest BCUT2D eigenvalue weighted by Crippen LogP contribution is -2.23. The molecule has 5 heteroatoms. The Kier molecular flexibility index (Phi) is 4.14. The van der Waals surface area contributed by atoms with Crippen molar-refractivity contribution in [3.8, 4) is 5.69 Å². The topological polar surface area (TPSA) is 72.9 Å². The first kappa shape index (κ1) is 15.3. The summed E-state index contributed by atoms with van der Waals surface area (Å²) in [5.41, 5.74) is 8.25. The normalized spacial score (nSPS) is 11.5. The zero-order chi connectivity index (χ0) is 15.6. The minimum atomic E-state index is -0.232. The highest BCUT2D eigenvalue weighted by Gasteiger charge is 2.21. The number of carbonyl (C=O) groups excluding carboxylic acids is 1. The van der Waals surface area contributed by atoms with Gasteiger partial charge in [-0.25, -0.2) is 4.68 Å². The Morgan fingerprint density at radius 3 is 2.62 bits per heavy atom. The second kappa shape index (κ2) is 5.69. The molecule has 0 saturated carbocycles. The van der Waals surface area contributed by atoms with Crippen molar-refractivity contribution in [1.82, 2.24) is 9.78 Å². The molecular formula is C16H22N4O. The summed E-state index contributed by atoms with van der Waals surface area (Å²) in [6.07, 6.45) is 0. The van der Waals surface area contributed by atoms with Gasteiger partial charge < -0.3 is 11.1 Å². The molecule has 21 heavy (non-hydrogen) atoms. The lowest BCUT2D eigenvalue weighted by Gasteiger charge is -2.14. The van der Waals surface area contributed by atoms with Gasteiger partial charge in [-0.3, -0.25) is 4.79 Å². The van der Waals surface area contributed by atoms with Gasteiger partial charge in [0.25, 0.3) is 0 Å². The first-order valence-electron chi connectivity index (χ1n) is 6.99. The van der Waals surface area contributed by atoms with Crippen molar-refractivity contribution >= 4 is 11.7 Å². The number of rotatable bonds is 3. The van der Waals surface area contributed by atoms with Gasteiger partial charge in [0.05, 0.1) is 17.9 Å². The molecule has 0 saturated heterocycles. The van der Waals surface area contributed by atoms with Crippen LogP contribution < -0.4 is 11.1 Å². The monoisotopic (exact) mass is 286 g/mol. The van der Waals surface area contributed by atoms with E-state index >= 15 is 0 Å². The zero-order valence-corrected chi connectivity index (χ0v) is 13.0. The van der Waals surface area contributed by atoms with Gasteiger partial charge >= 0.3 is 0 Å². The number of benzene rings is 1. The van der Waals surface area contributed by atoms with Gasteiger partial charge in [0.2, 0.25) is 5.91 Å². The number of aromatic nitrogens is 2. The maximum absolute atomic E-state index is 11.6. The molecule has 112 valence electrons. The maximum Gasteiger partial charge on any atom is 0.239 e. The molecule has 1 heterocycles. The van der Waals surface area contributed by atoms with Crippen LogP contribution in [0.1, 0.15) is 32.0 Å². The van der Waals surface area contributed by atoms with Crippen molar-refractivity contribution in [3.63, 3.8) is 0 Å². The van der Waals surface area contributed by atoms with Crippen molar-refractivity contribution in [1.29, 1.82) is 0 Å². The van der Waals surface area contributed by atoms with Crippen LogP contribution in [0.15, 0.2) is 30.3 Å².